The Kier molecular flexibility index (Phi) is 7.76. The van der Waals surface area contributed by atoms with Gasteiger partial charge in [-0.3, -0.25) is 4.79 Å². The number of hydrogen-bond donors (Lipinski definition) is 2. The van der Waals surface area contributed by atoms with Crippen LogP contribution in [0, 0.1) is 17.1 Å². The van der Waals surface area contributed by atoms with E-state index in [1.807, 2.05) is 13.8 Å². The molecule has 98 valence electrons. The van der Waals surface area contributed by atoms with E-state index in [9.17, 15) is 9.18 Å². The van der Waals surface area contributed by atoms with Crippen LogP contribution < -0.4 is 5.73 Å². The van der Waals surface area contributed by atoms with Gasteiger partial charge in [0.1, 0.15) is 18.0 Å². The molecule has 0 aliphatic heterocycles. The summed E-state index contributed by atoms with van der Waals surface area (Å²) in [5.41, 5.74) is 4.81. The summed E-state index contributed by atoms with van der Waals surface area (Å²) in [4.78, 5) is 11.1. The standard InChI is InChI=1S/C10H9FN2O2S.C2H6/c11-8-3-7(2-1-6(8)4-12)16-5-9(14)10(13)15;1-2/h1-3,9,14H,5H2,(H2,13,15);1-2H3/t9-;/m0./s1. The van der Waals surface area contributed by atoms with Gasteiger partial charge in [-0.25, -0.2) is 4.39 Å². The van der Waals surface area contributed by atoms with E-state index in [1.54, 1.807) is 12.1 Å². The number of aliphatic hydroxyl groups excluding tert-OH is 1. The van der Waals surface area contributed by atoms with Gasteiger partial charge in [-0.2, -0.15) is 5.26 Å². The van der Waals surface area contributed by atoms with Crippen molar-refractivity contribution in [3.05, 3.63) is 29.6 Å². The molecule has 0 aliphatic carbocycles. The Morgan fingerprint density at radius 2 is 2.22 bits per heavy atom. The van der Waals surface area contributed by atoms with Gasteiger partial charge in [0.25, 0.3) is 0 Å². The fraction of sp³-hybridized carbons (Fsp3) is 0.333. The first-order valence-electron chi connectivity index (χ1n) is 5.34. The van der Waals surface area contributed by atoms with Crippen molar-refractivity contribution in [3.63, 3.8) is 0 Å². The Hall–Kier alpha value is -1.58. The maximum absolute atomic E-state index is 13.1. The molecule has 4 nitrogen and oxygen atoms in total. The molecular weight excluding hydrogens is 255 g/mol. The molecule has 3 N–H and O–H groups in total. The lowest BCUT2D eigenvalue weighted by molar-refractivity contribution is -0.124. The number of nitrogens with two attached hydrogens (primary N) is 1. The van der Waals surface area contributed by atoms with E-state index in [2.05, 4.69) is 0 Å². The molecule has 0 saturated heterocycles. The average molecular weight is 270 g/mol. The highest BCUT2D eigenvalue weighted by Crippen LogP contribution is 2.21. The molecule has 0 saturated carbocycles. The quantitative estimate of drug-likeness (QED) is 0.815. The highest BCUT2D eigenvalue weighted by atomic mass is 32.2. The third kappa shape index (κ3) is 5.17. The average Bonchev–Trinajstić information content (AvgIpc) is 2.38. The number of nitriles is 1. The number of carbonyl (C=O) groups excluding carboxylic acids is 1. The molecule has 6 heteroatoms. The van der Waals surface area contributed by atoms with Crippen LogP contribution in [0.4, 0.5) is 4.39 Å². The summed E-state index contributed by atoms with van der Waals surface area (Å²) in [7, 11) is 0. The number of aliphatic hydroxyl groups is 1. The third-order valence-electron chi connectivity index (χ3n) is 1.80. The number of carbonyl (C=O) groups is 1. The van der Waals surface area contributed by atoms with Gasteiger partial charge in [0, 0.05) is 10.6 Å². The van der Waals surface area contributed by atoms with E-state index in [4.69, 9.17) is 16.1 Å². The largest absolute Gasteiger partial charge is 0.382 e. The second-order valence-corrected chi connectivity index (χ2v) is 4.08. The van der Waals surface area contributed by atoms with Crippen LogP contribution >= 0.6 is 11.8 Å². The predicted octanol–water partition coefficient (Wildman–Crippen LogP) is 1.66. The van der Waals surface area contributed by atoms with Gasteiger partial charge in [-0.1, -0.05) is 13.8 Å². The maximum Gasteiger partial charge on any atom is 0.247 e. The fourth-order valence-electron chi connectivity index (χ4n) is 0.934. The number of primary amides is 1. The Morgan fingerprint density at radius 3 is 2.67 bits per heavy atom. The van der Waals surface area contributed by atoms with E-state index >= 15 is 0 Å². The van der Waals surface area contributed by atoms with Crippen molar-refractivity contribution in [1.82, 2.24) is 0 Å². The molecule has 0 heterocycles. The van der Waals surface area contributed by atoms with Crippen LogP contribution in [-0.2, 0) is 4.79 Å². The molecule has 0 fully saturated rings. The van der Waals surface area contributed by atoms with Gasteiger partial charge in [-0.05, 0) is 18.2 Å². The summed E-state index contributed by atoms with van der Waals surface area (Å²) in [5.74, 6) is -1.39. The zero-order valence-electron chi connectivity index (χ0n) is 10.2. The van der Waals surface area contributed by atoms with Crippen LogP contribution in [0.5, 0.6) is 0 Å². The first kappa shape index (κ1) is 16.4. The normalized spacial score (nSPS) is 10.8. The van der Waals surface area contributed by atoms with Crippen LogP contribution in [0.2, 0.25) is 0 Å². The minimum Gasteiger partial charge on any atom is -0.382 e. The van der Waals surface area contributed by atoms with Gasteiger partial charge < -0.3 is 10.8 Å². The molecular formula is C12H15FN2O2S. The summed E-state index contributed by atoms with van der Waals surface area (Å²) < 4.78 is 13.1. The van der Waals surface area contributed by atoms with Crippen LogP contribution in [0.1, 0.15) is 19.4 Å². The molecule has 1 atom stereocenters. The number of halogens is 1. The molecule has 0 bridgehead atoms. The molecule has 0 aliphatic rings. The van der Waals surface area contributed by atoms with E-state index in [0.717, 1.165) is 11.8 Å². The molecule has 1 amide bonds. The van der Waals surface area contributed by atoms with Crippen LogP contribution in [-0.4, -0.2) is 22.9 Å². The molecule has 1 rings (SSSR count). The maximum atomic E-state index is 13.1. The Labute approximate surface area is 110 Å². The summed E-state index contributed by atoms with van der Waals surface area (Å²) in [5, 5.41) is 17.6. The molecule has 18 heavy (non-hydrogen) atoms. The molecule has 0 spiro atoms. The molecule has 1 aromatic rings. The molecule has 0 unspecified atom stereocenters. The lowest BCUT2D eigenvalue weighted by Gasteiger charge is -2.06. The van der Waals surface area contributed by atoms with E-state index in [-0.39, 0.29) is 11.3 Å². The van der Waals surface area contributed by atoms with Gasteiger partial charge in [0.05, 0.1) is 5.56 Å². The Morgan fingerprint density at radius 1 is 1.61 bits per heavy atom. The SMILES string of the molecule is CC.N#Cc1ccc(SC[C@H](O)C(N)=O)cc1F. The topological polar surface area (TPSA) is 87.1 Å². The lowest BCUT2D eigenvalue weighted by atomic mass is 10.2. The summed E-state index contributed by atoms with van der Waals surface area (Å²) in [6, 6.07) is 5.76. The van der Waals surface area contributed by atoms with Gasteiger partial charge in [0.15, 0.2) is 0 Å². The number of thioether (sulfide) groups is 1. The van der Waals surface area contributed by atoms with Gasteiger partial charge in [0.2, 0.25) is 5.91 Å². The summed E-state index contributed by atoms with van der Waals surface area (Å²) in [6.45, 7) is 4.00. The van der Waals surface area contributed by atoms with Crippen molar-refractivity contribution in [3.8, 4) is 6.07 Å². The van der Waals surface area contributed by atoms with Crippen LogP contribution in [0.3, 0.4) is 0 Å². The highest BCUT2D eigenvalue weighted by Gasteiger charge is 2.11. The summed E-state index contributed by atoms with van der Waals surface area (Å²) >= 11 is 1.09. The zero-order valence-corrected chi connectivity index (χ0v) is 11.0. The highest BCUT2D eigenvalue weighted by molar-refractivity contribution is 7.99. The van der Waals surface area contributed by atoms with Crippen LogP contribution in [0.15, 0.2) is 23.1 Å². The monoisotopic (exact) mass is 270 g/mol. The number of amides is 1. The predicted molar refractivity (Wildman–Crippen MR) is 68.4 cm³/mol. The minimum atomic E-state index is -1.26. The van der Waals surface area contributed by atoms with E-state index in [0.29, 0.717) is 4.90 Å². The lowest BCUT2D eigenvalue weighted by Crippen LogP contribution is -2.30. The minimum absolute atomic E-state index is 0.0419. The van der Waals surface area contributed by atoms with Crippen molar-refractivity contribution in [2.24, 2.45) is 5.73 Å². The van der Waals surface area contributed by atoms with E-state index in [1.165, 1.54) is 12.1 Å². The molecule has 0 aromatic heterocycles. The van der Waals surface area contributed by atoms with Crippen LogP contribution in [0.25, 0.3) is 0 Å². The fourth-order valence-corrected chi connectivity index (χ4v) is 1.80. The number of hydrogen-bond acceptors (Lipinski definition) is 4. The van der Waals surface area contributed by atoms with Crippen molar-refractivity contribution >= 4 is 17.7 Å². The smallest absolute Gasteiger partial charge is 0.247 e. The molecule has 1 aromatic carbocycles. The van der Waals surface area contributed by atoms with Crippen molar-refractivity contribution in [2.75, 3.05) is 5.75 Å². The van der Waals surface area contributed by atoms with Crippen molar-refractivity contribution in [2.45, 2.75) is 24.8 Å². The molecule has 0 radical (unpaired) electrons. The van der Waals surface area contributed by atoms with E-state index < -0.39 is 17.8 Å². The Bertz CT molecular complexity index is 446. The zero-order chi connectivity index (χ0) is 14.1. The van der Waals surface area contributed by atoms with Gasteiger partial charge >= 0.3 is 0 Å². The third-order valence-corrected chi connectivity index (χ3v) is 2.87. The van der Waals surface area contributed by atoms with Gasteiger partial charge in [-0.15, -0.1) is 11.8 Å². The van der Waals surface area contributed by atoms with Crippen molar-refractivity contribution < 1.29 is 14.3 Å². The first-order chi connectivity index (χ1) is 8.54. The number of benzene rings is 1. The number of rotatable bonds is 4. The second-order valence-electron chi connectivity index (χ2n) is 2.98. The summed E-state index contributed by atoms with van der Waals surface area (Å²) in [6.07, 6.45) is -1.26. The second kappa shape index (κ2) is 8.50. The first-order valence-corrected chi connectivity index (χ1v) is 6.33. The van der Waals surface area contributed by atoms with Crippen molar-refractivity contribution in [1.29, 1.82) is 5.26 Å². The Balaban J connectivity index is 0.00000137. The number of nitrogens with zero attached hydrogens (tertiary/aromatic N) is 1.